The average Bonchev–Trinajstić information content (AvgIpc) is 2.04. The molecule has 0 amide bonds. The lowest BCUT2D eigenvalue weighted by Crippen LogP contribution is -2.48. The Balaban J connectivity index is 2.36. The molecule has 76 valence electrons. The Morgan fingerprint density at radius 3 is 2.77 bits per heavy atom. The van der Waals surface area contributed by atoms with E-state index in [0.717, 1.165) is 19.4 Å². The van der Waals surface area contributed by atoms with E-state index in [1.807, 2.05) is 6.92 Å². The number of nitrogens with one attached hydrogen (secondary N) is 1. The van der Waals surface area contributed by atoms with Crippen LogP contribution in [0.2, 0.25) is 0 Å². The maximum absolute atomic E-state index is 11.3. The molecule has 1 fully saturated rings. The van der Waals surface area contributed by atoms with E-state index in [1.165, 1.54) is 0 Å². The number of carbonyl (C=O) groups is 1. The highest BCUT2D eigenvalue weighted by Gasteiger charge is 2.30. The molecule has 0 bridgehead atoms. The van der Waals surface area contributed by atoms with E-state index in [4.69, 9.17) is 4.74 Å². The number of carbonyl (C=O) groups excluding carboxylic acids is 1. The van der Waals surface area contributed by atoms with Gasteiger partial charge in [0.05, 0.1) is 12.5 Å². The predicted molar refractivity (Wildman–Crippen MR) is 51.4 cm³/mol. The van der Waals surface area contributed by atoms with Gasteiger partial charge in [0.15, 0.2) is 0 Å². The summed E-state index contributed by atoms with van der Waals surface area (Å²) in [6.45, 7) is 7.41. The Morgan fingerprint density at radius 2 is 2.31 bits per heavy atom. The molecule has 1 rings (SSSR count). The molecule has 1 N–H and O–H groups in total. The van der Waals surface area contributed by atoms with Gasteiger partial charge in [0, 0.05) is 12.1 Å². The van der Waals surface area contributed by atoms with E-state index in [9.17, 15) is 4.79 Å². The minimum absolute atomic E-state index is 0.0505. The Morgan fingerprint density at radius 1 is 1.62 bits per heavy atom. The van der Waals surface area contributed by atoms with Gasteiger partial charge in [-0.25, -0.2) is 0 Å². The minimum atomic E-state index is -0.0505. The zero-order valence-electron chi connectivity index (χ0n) is 8.72. The molecule has 0 aliphatic carbocycles. The Hall–Kier alpha value is -0.570. The van der Waals surface area contributed by atoms with Crippen LogP contribution in [0.5, 0.6) is 0 Å². The van der Waals surface area contributed by atoms with E-state index >= 15 is 0 Å². The molecule has 3 nitrogen and oxygen atoms in total. The third-order valence-corrected chi connectivity index (χ3v) is 2.56. The van der Waals surface area contributed by atoms with Crippen molar-refractivity contribution < 1.29 is 9.53 Å². The van der Waals surface area contributed by atoms with Crippen molar-refractivity contribution in [1.29, 1.82) is 0 Å². The van der Waals surface area contributed by atoms with Crippen molar-refractivity contribution >= 4 is 5.97 Å². The number of piperidine rings is 1. The standard InChI is InChI=1S/C10H19NO2/c1-4-13-9(12)8-5-6-10(2,3)11-7-8/h8,11H,4-7H2,1-3H3. The first-order valence-corrected chi connectivity index (χ1v) is 4.97. The lowest BCUT2D eigenvalue weighted by Gasteiger charge is -2.34. The highest BCUT2D eigenvalue weighted by Crippen LogP contribution is 2.22. The summed E-state index contributed by atoms with van der Waals surface area (Å²) in [7, 11) is 0. The number of esters is 1. The van der Waals surface area contributed by atoms with Crippen LogP contribution in [-0.4, -0.2) is 24.7 Å². The van der Waals surface area contributed by atoms with Crippen LogP contribution in [0.25, 0.3) is 0 Å². The van der Waals surface area contributed by atoms with E-state index in [2.05, 4.69) is 19.2 Å². The molecule has 0 aromatic heterocycles. The Bertz CT molecular complexity index is 179. The van der Waals surface area contributed by atoms with Crippen LogP contribution in [-0.2, 0) is 9.53 Å². The Kier molecular flexibility index (Phi) is 3.31. The van der Waals surface area contributed by atoms with Crippen LogP contribution >= 0.6 is 0 Å². The molecule has 0 spiro atoms. The van der Waals surface area contributed by atoms with Gasteiger partial charge in [-0.1, -0.05) is 0 Å². The number of hydrogen-bond donors (Lipinski definition) is 1. The van der Waals surface area contributed by atoms with Crippen molar-refractivity contribution in [2.24, 2.45) is 5.92 Å². The zero-order valence-corrected chi connectivity index (χ0v) is 8.72. The van der Waals surface area contributed by atoms with E-state index in [-0.39, 0.29) is 17.4 Å². The summed E-state index contributed by atoms with van der Waals surface area (Å²) in [5.41, 5.74) is 0.184. The second-order valence-electron chi connectivity index (χ2n) is 4.25. The fourth-order valence-corrected chi connectivity index (χ4v) is 1.59. The molecule has 0 aromatic rings. The summed E-state index contributed by atoms with van der Waals surface area (Å²) in [6, 6.07) is 0. The van der Waals surface area contributed by atoms with E-state index in [0.29, 0.717) is 6.61 Å². The molecule has 1 heterocycles. The smallest absolute Gasteiger partial charge is 0.310 e. The minimum Gasteiger partial charge on any atom is -0.466 e. The summed E-state index contributed by atoms with van der Waals surface area (Å²) in [4.78, 5) is 11.3. The summed E-state index contributed by atoms with van der Waals surface area (Å²) in [5.74, 6) is 0.0125. The molecule has 0 radical (unpaired) electrons. The maximum Gasteiger partial charge on any atom is 0.310 e. The molecule has 1 atom stereocenters. The van der Waals surface area contributed by atoms with Gasteiger partial charge in [0.2, 0.25) is 0 Å². The van der Waals surface area contributed by atoms with Crippen molar-refractivity contribution in [3.05, 3.63) is 0 Å². The van der Waals surface area contributed by atoms with E-state index in [1.54, 1.807) is 0 Å². The largest absolute Gasteiger partial charge is 0.466 e. The third-order valence-electron chi connectivity index (χ3n) is 2.56. The topological polar surface area (TPSA) is 38.3 Å². The molecule has 0 aromatic carbocycles. The molecule has 0 saturated carbocycles. The van der Waals surface area contributed by atoms with Gasteiger partial charge in [-0.3, -0.25) is 4.79 Å². The Labute approximate surface area is 79.8 Å². The molecule has 1 aliphatic rings. The first-order valence-electron chi connectivity index (χ1n) is 4.97. The predicted octanol–water partition coefficient (Wildman–Crippen LogP) is 1.33. The first-order chi connectivity index (χ1) is 6.05. The van der Waals surface area contributed by atoms with Gasteiger partial charge in [-0.2, -0.15) is 0 Å². The van der Waals surface area contributed by atoms with Crippen LogP contribution < -0.4 is 5.32 Å². The van der Waals surface area contributed by atoms with Crippen LogP contribution in [0.4, 0.5) is 0 Å². The van der Waals surface area contributed by atoms with Crippen LogP contribution in [0.1, 0.15) is 33.6 Å². The summed E-state index contributed by atoms with van der Waals surface area (Å²) >= 11 is 0. The van der Waals surface area contributed by atoms with Gasteiger partial charge in [-0.05, 0) is 33.6 Å². The van der Waals surface area contributed by atoms with Crippen molar-refractivity contribution in [2.45, 2.75) is 39.2 Å². The molecular formula is C10H19NO2. The summed E-state index contributed by atoms with van der Waals surface area (Å²) < 4.78 is 4.97. The zero-order chi connectivity index (χ0) is 9.90. The van der Waals surface area contributed by atoms with Gasteiger partial charge in [0.1, 0.15) is 0 Å². The number of ether oxygens (including phenoxy) is 1. The molecule has 3 heteroatoms. The van der Waals surface area contributed by atoms with Crippen LogP contribution in [0.15, 0.2) is 0 Å². The first kappa shape index (κ1) is 10.5. The average molecular weight is 185 g/mol. The SMILES string of the molecule is CCOC(=O)C1CCC(C)(C)NC1. The van der Waals surface area contributed by atoms with Gasteiger partial charge in [0.25, 0.3) is 0 Å². The van der Waals surface area contributed by atoms with E-state index < -0.39 is 0 Å². The molecule has 1 aliphatic heterocycles. The fraction of sp³-hybridized carbons (Fsp3) is 0.900. The van der Waals surface area contributed by atoms with Crippen LogP contribution in [0.3, 0.4) is 0 Å². The highest BCUT2D eigenvalue weighted by atomic mass is 16.5. The quantitative estimate of drug-likeness (QED) is 0.659. The van der Waals surface area contributed by atoms with Crippen molar-refractivity contribution in [3.8, 4) is 0 Å². The fourth-order valence-electron chi connectivity index (χ4n) is 1.59. The second kappa shape index (κ2) is 4.09. The van der Waals surface area contributed by atoms with Gasteiger partial charge in [-0.15, -0.1) is 0 Å². The normalized spacial score (nSPS) is 26.8. The monoisotopic (exact) mass is 185 g/mol. The molecular weight excluding hydrogens is 166 g/mol. The van der Waals surface area contributed by atoms with Gasteiger partial charge >= 0.3 is 5.97 Å². The summed E-state index contributed by atoms with van der Waals surface area (Å²) in [6.07, 6.45) is 1.98. The molecule has 13 heavy (non-hydrogen) atoms. The van der Waals surface area contributed by atoms with Crippen molar-refractivity contribution in [1.82, 2.24) is 5.32 Å². The number of hydrogen-bond acceptors (Lipinski definition) is 3. The molecule has 1 unspecified atom stereocenters. The molecule has 1 saturated heterocycles. The van der Waals surface area contributed by atoms with Crippen molar-refractivity contribution in [2.75, 3.05) is 13.2 Å². The number of rotatable bonds is 2. The lowest BCUT2D eigenvalue weighted by atomic mass is 9.87. The van der Waals surface area contributed by atoms with Crippen LogP contribution in [0, 0.1) is 5.92 Å². The maximum atomic E-state index is 11.3. The summed E-state index contributed by atoms with van der Waals surface area (Å²) in [5, 5.41) is 3.35. The third kappa shape index (κ3) is 2.99. The highest BCUT2D eigenvalue weighted by molar-refractivity contribution is 5.72. The van der Waals surface area contributed by atoms with Gasteiger partial charge < -0.3 is 10.1 Å². The van der Waals surface area contributed by atoms with Crippen molar-refractivity contribution in [3.63, 3.8) is 0 Å². The second-order valence-corrected chi connectivity index (χ2v) is 4.25. The lowest BCUT2D eigenvalue weighted by molar-refractivity contribution is -0.149.